The largest absolute Gasteiger partial charge is 0.374 e. The minimum atomic E-state index is -0.103. The maximum Gasteiger partial charge on any atom is 0.254 e. The lowest BCUT2D eigenvalue weighted by atomic mass is 9.81. The number of hydrogen-bond donors (Lipinski definition) is 0. The van der Waals surface area contributed by atoms with Crippen LogP contribution in [0.5, 0.6) is 0 Å². The highest BCUT2D eigenvalue weighted by molar-refractivity contribution is 5.95. The lowest BCUT2D eigenvalue weighted by molar-refractivity contribution is -0.0463. The summed E-state index contributed by atoms with van der Waals surface area (Å²) in [6, 6.07) is 16.0. The molecule has 2 fully saturated rings. The summed E-state index contributed by atoms with van der Waals surface area (Å²) >= 11 is 0. The van der Waals surface area contributed by atoms with E-state index in [0.717, 1.165) is 49.0 Å². The fraction of sp³-hybridized carbons (Fsp3) is 0.533. The highest BCUT2D eigenvalue weighted by Gasteiger charge is 2.33. The molecule has 0 bridgehead atoms. The Morgan fingerprint density at radius 3 is 1.97 bits per heavy atom. The Hall–Kier alpha value is -2.66. The van der Waals surface area contributed by atoms with Gasteiger partial charge in [-0.2, -0.15) is 0 Å². The Morgan fingerprint density at radius 1 is 0.829 bits per heavy atom. The van der Waals surface area contributed by atoms with E-state index >= 15 is 0 Å². The number of amides is 2. The normalized spacial score (nSPS) is 16.9. The summed E-state index contributed by atoms with van der Waals surface area (Å²) in [5.41, 5.74) is 3.78. The molecule has 0 aromatic heterocycles. The lowest BCUT2D eigenvalue weighted by Gasteiger charge is -2.39. The van der Waals surface area contributed by atoms with Crippen LogP contribution in [0.3, 0.4) is 0 Å². The zero-order chi connectivity index (χ0) is 25.2. The summed E-state index contributed by atoms with van der Waals surface area (Å²) in [6.07, 6.45) is 3.14. The maximum atomic E-state index is 12.9. The molecular formula is C30H40N2O3. The van der Waals surface area contributed by atoms with Gasteiger partial charge in [0.2, 0.25) is 0 Å². The van der Waals surface area contributed by atoms with Crippen LogP contribution >= 0.6 is 0 Å². The van der Waals surface area contributed by atoms with E-state index in [0.29, 0.717) is 19.7 Å². The molecule has 0 saturated carbocycles. The van der Waals surface area contributed by atoms with E-state index in [1.807, 2.05) is 40.1 Å². The van der Waals surface area contributed by atoms with Gasteiger partial charge in [-0.1, -0.05) is 58.9 Å². The molecule has 35 heavy (non-hydrogen) atoms. The molecule has 4 rings (SSSR count). The van der Waals surface area contributed by atoms with Crippen molar-refractivity contribution in [2.45, 2.75) is 70.8 Å². The third kappa shape index (κ3) is 5.95. The van der Waals surface area contributed by atoms with E-state index in [1.165, 1.54) is 5.56 Å². The Morgan fingerprint density at radius 2 is 1.37 bits per heavy atom. The van der Waals surface area contributed by atoms with E-state index in [9.17, 15) is 9.59 Å². The van der Waals surface area contributed by atoms with E-state index in [-0.39, 0.29) is 28.7 Å². The van der Waals surface area contributed by atoms with Crippen LogP contribution in [0, 0.1) is 0 Å². The Labute approximate surface area is 210 Å². The Bertz CT molecular complexity index is 1060. The predicted octanol–water partition coefficient (Wildman–Crippen LogP) is 5.43. The second-order valence-electron chi connectivity index (χ2n) is 11.7. The lowest BCUT2D eigenvalue weighted by Crippen LogP contribution is -2.55. The summed E-state index contributed by atoms with van der Waals surface area (Å²) in [7, 11) is 0. The van der Waals surface area contributed by atoms with E-state index in [4.69, 9.17) is 4.74 Å². The van der Waals surface area contributed by atoms with Crippen molar-refractivity contribution in [1.82, 2.24) is 9.80 Å². The molecule has 0 radical (unpaired) electrons. The topological polar surface area (TPSA) is 49.9 Å². The van der Waals surface area contributed by atoms with Gasteiger partial charge in [0.25, 0.3) is 11.8 Å². The molecule has 2 aromatic carbocycles. The molecule has 0 unspecified atom stereocenters. The molecule has 0 spiro atoms. The van der Waals surface area contributed by atoms with Gasteiger partial charge in [-0.15, -0.1) is 0 Å². The first kappa shape index (κ1) is 25.4. The Kier molecular flexibility index (Phi) is 7.37. The van der Waals surface area contributed by atoms with Crippen LogP contribution in [0.25, 0.3) is 0 Å². The van der Waals surface area contributed by atoms with E-state index in [2.05, 4.69) is 52.8 Å². The fourth-order valence-electron chi connectivity index (χ4n) is 4.81. The van der Waals surface area contributed by atoms with Gasteiger partial charge in [-0.3, -0.25) is 9.59 Å². The first-order valence-electron chi connectivity index (χ1n) is 13.0. The van der Waals surface area contributed by atoms with E-state index in [1.54, 1.807) is 0 Å². The second-order valence-corrected chi connectivity index (χ2v) is 11.7. The van der Waals surface area contributed by atoms with Crippen molar-refractivity contribution in [3.63, 3.8) is 0 Å². The zero-order valence-corrected chi connectivity index (χ0v) is 22.0. The average Bonchev–Trinajstić information content (AvgIpc) is 3.34. The number of nitrogens with zero attached hydrogens (tertiary/aromatic N) is 2. The summed E-state index contributed by atoms with van der Waals surface area (Å²) in [4.78, 5) is 29.5. The van der Waals surface area contributed by atoms with Crippen LogP contribution in [0.15, 0.2) is 48.5 Å². The molecule has 2 aromatic rings. The monoisotopic (exact) mass is 476 g/mol. The van der Waals surface area contributed by atoms with Gasteiger partial charge >= 0.3 is 0 Å². The van der Waals surface area contributed by atoms with Crippen molar-refractivity contribution in [2.24, 2.45) is 0 Å². The van der Waals surface area contributed by atoms with Crippen molar-refractivity contribution in [1.29, 1.82) is 0 Å². The number of carbonyl (C=O) groups is 2. The predicted molar refractivity (Wildman–Crippen MR) is 140 cm³/mol. The molecule has 2 aliphatic rings. The first-order chi connectivity index (χ1) is 16.5. The molecule has 0 N–H and O–H groups in total. The van der Waals surface area contributed by atoms with Crippen LogP contribution in [0.2, 0.25) is 0 Å². The molecule has 188 valence electrons. The van der Waals surface area contributed by atoms with Crippen molar-refractivity contribution < 1.29 is 14.3 Å². The van der Waals surface area contributed by atoms with Gasteiger partial charge in [-0.25, -0.2) is 0 Å². The van der Waals surface area contributed by atoms with Gasteiger partial charge < -0.3 is 14.5 Å². The van der Waals surface area contributed by atoms with Crippen molar-refractivity contribution in [3.05, 3.63) is 70.8 Å². The van der Waals surface area contributed by atoms with Crippen molar-refractivity contribution in [2.75, 3.05) is 32.8 Å². The molecule has 0 atom stereocenters. The van der Waals surface area contributed by atoms with E-state index < -0.39 is 0 Å². The quantitative estimate of drug-likeness (QED) is 0.535. The SMILES string of the molecule is CC(C)(C)c1cccc(C(=O)N2CC(OCCC(C)(C)c3cccc(C(=O)N4CCCC4)c3)C2)c1. The Balaban J connectivity index is 1.26. The maximum absolute atomic E-state index is 12.9. The minimum Gasteiger partial charge on any atom is -0.374 e. The van der Waals surface area contributed by atoms with Crippen LogP contribution in [0.1, 0.15) is 85.7 Å². The number of hydrogen-bond acceptors (Lipinski definition) is 3. The van der Waals surface area contributed by atoms with Crippen LogP contribution in [0.4, 0.5) is 0 Å². The van der Waals surface area contributed by atoms with Gasteiger partial charge in [0.05, 0.1) is 6.10 Å². The van der Waals surface area contributed by atoms with Gasteiger partial charge in [0, 0.05) is 43.9 Å². The van der Waals surface area contributed by atoms with Gasteiger partial charge in [0.1, 0.15) is 0 Å². The smallest absolute Gasteiger partial charge is 0.254 e. The van der Waals surface area contributed by atoms with Crippen LogP contribution < -0.4 is 0 Å². The first-order valence-corrected chi connectivity index (χ1v) is 13.0. The summed E-state index contributed by atoms with van der Waals surface area (Å²) in [5, 5.41) is 0. The molecule has 5 heteroatoms. The summed E-state index contributed by atoms with van der Waals surface area (Å²) in [5.74, 6) is 0.222. The van der Waals surface area contributed by atoms with Crippen molar-refractivity contribution in [3.8, 4) is 0 Å². The zero-order valence-electron chi connectivity index (χ0n) is 22.0. The molecule has 2 aliphatic heterocycles. The second kappa shape index (κ2) is 10.1. The van der Waals surface area contributed by atoms with Gasteiger partial charge in [0.15, 0.2) is 0 Å². The molecule has 2 amide bonds. The average molecular weight is 477 g/mol. The number of ether oxygens (including phenoxy) is 1. The molecule has 2 heterocycles. The summed E-state index contributed by atoms with van der Waals surface area (Å²) < 4.78 is 6.12. The van der Waals surface area contributed by atoms with Gasteiger partial charge in [-0.05, 0) is 65.5 Å². The fourth-order valence-corrected chi connectivity index (χ4v) is 4.81. The molecular weight excluding hydrogens is 436 g/mol. The highest BCUT2D eigenvalue weighted by atomic mass is 16.5. The number of carbonyl (C=O) groups excluding carboxylic acids is 2. The summed E-state index contributed by atoms with van der Waals surface area (Å²) in [6.45, 7) is 14.5. The van der Waals surface area contributed by atoms with Crippen LogP contribution in [-0.2, 0) is 15.6 Å². The highest BCUT2D eigenvalue weighted by Crippen LogP contribution is 2.29. The minimum absolute atomic E-state index is 0.0185. The number of benzene rings is 2. The number of rotatable bonds is 7. The van der Waals surface area contributed by atoms with Crippen molar-refractivity contribution >= 4 is 11.8 Å². The number of likely N-dealkylation sites (tertiary alicyclic amines) is 2. The standard InChI is InChI=1S/C30H40N2O3/c1-29(2,3)24-12-8-10-22(18-24)28(34)32-20-26(21-32)35-17-14-30(4,5)25-13-9-11-23(19-25)27(33)31-15-6-7-16-31/h8-13,18-19,26H,6-7,14-17,20-21H2,1-5H3. The molecule has 5 nitrogen and oxygen atoms in total. The van der Waals surface area contributed by atoms with Crippen LogP contribution in [-0.4, -0.2) is 60.5 Å². The molecule has 0 aliphatic carbocycles. The third-order valence-electron chi connectivity index (χ3n) is 7.48. The third-order valence-corrected chi connectivity index (χ3v) is 7.48. The molecule has 2 saturated heterocycles.